The van der Waals surface area contributed by atoms with Crippen LogP contribution < -0.4 is 10.6 Å². The Morgan fingerprint density at radius 2 is 1.93 bits per heavy atom. The maximum atomic E-state index is 13.0. The highest BCUT2D eigenvalue weighted by Crippen LogP contribution is 2.28. The molecular formula is C21H32N6O3. The molecule has 164 valence electrons. The van der Waals surface area contributed by atoms with Crippen LogP contribution >= 0.6 is 0 Å². The van der Waals surface area contributed by atoms with Crippen molar-refractivity contribution in [1.82, 2.24) is 25.0 Å². The number of ether oxygens (including phenoxy) is 2. The highest BCUT2D eigenvalue weighted by Gasteiger charge is 2.22. The van der Waals surface area contributed by atoms with Gasteiger partial charge in [-0.15, -0.1) is 0 Å². The van der Waals surface area contributed by atoms with E-state index in [2.05, 4.69) is 25.6 Å². The predicted octanol–water partition coefficient (Wildman–Crippen LogP) is 1.49. The van der Waals surface area contributed by atoms with Gasteiger partial charge in [0.2, 0.25) is 0 Å². The van der Waals surface area contributed by atoms with Gasteiger partial charge in [-0.2, -0.15) is 5.10 Å². The van der Waals surface area contributed by atoms with E-state index in [0.717, 1.165) is 88.6 Å². The molecule has 9 nitrogen and oxygen atoms in total. The number of amides is 1. The number of aryl methyl sites for hydroxylation is 1. The number of morpholine rings is 1. The smallest absolute Gasteiger partial charge is 0.254 e. The third-order valence-electron chi connectivity index (χ3n) is 5.82. The normalized spacial score (nSPS) is 18.6. The largest absolute Gasteiger partial charge is 0.381 e. The molecule has 2 aromatic heterocycles. The first-order valence-electron chi connectivity index (χ1n) is 11.0. The Balaban J connectivity index is 1.45. The minimum absolute atomic E-state index is 0.0924. The van der Waals surface area contributed by atoms with E-state index >= 15 is 0 Å². The fraction of sp³-hybridized carbons (Fsp3) is 0.667. The molecule has 2 aromatic rings. The van der Waals surface area contributed by atoms with Crippen LogP contribution in [0.25, 0.3) is 11.0 Å². The average Bonchev–Trinajstić information content (AvgIpc) is 3.22. The van der Waals surface area contributed by atoms with E-state index in [4.69, 9.17) is 9.47 Å². The summed E-state index contributed by atoms with van der Waals surface area (Å²) in [5.41, 5.74) is 2.21. The van der Waals surface area contributed by atoms with Gasteiger partial charge in [-0.05, 0) is 32.7 Å². The molecule has 0 aliphatic carbocycles. The zero-order chi connectivity index (χ0) is 20.8. The van der Waals surface area contributed by atoms with Gasteiger partial charge in [0, 0.05) is 51.6 Å². The van der Waals surface area contributed by atoms with Crippen molar-refractivity contribution in [2.45, 2.75) is 38.8 Å². The lowest BCUT2D eigenvalue weighted by Crippen LogP contribution is -2.38. The first-order chi connectivity index (χ1) is 14.8. The summed E-state index contributed by atoms with van der Waals surface area (Å²) >= 11 is 0. The van der Waals surface area contributed by atoms with E-state index < -0.39 is 0 Å². The minimum atomic E-state index is -0.0924. The summed E-state index contributed by atoms with van der Waals surface area (Å²) in [5, 5.41) is 12.0. The van der Waals surface area contributed by atoms with Gasteiger partial charge in [0.05, 0.1) is 36.0 Å². The number of aromatic nitrogens is 3. The third kappa shape index (κ3) is 4.91. The summed E-state index contributed by atoms with van der Waals surface area (Å²) < 4.78 is 12.7. The number of fused-ring (bicyclic) bond motifs is 1. The molecule has 0 bridgehead atoms. The second-order valence-corrected chi connectivity index (χ2v) is 7.84. The summed E-state index contributed by atoms with van der Waals surface area (Å²) in [4.78, 5) is 19.9. The van der Waals surface area contributed by atoms with E-state index in [0.29, 0.717) is 12.1 Å². The topological polar surface area (TPSA) is 93.5 Å². The van der Waals surface area contributed by atoms with Crippen molar-refractivity contribution in [3.63, 3.8) is 0 Å². The monoisotopic (exact) mass is 416 g/mol. The summed E-state index contributed by atoms with van der Waals surface area (Å²) in [6.45, 7) is 9.39. The number of hydrogen-bond donors (Lipinski definition) is 2. The second kappa shape index (κ2) is 10.2. The summed E-state index contributed by atoms with van der Waals surface area (Å²) in [7, 11) is 0. The molecule has 0 unspecified atom stereocenters. The van der Waals surface area contributed by atoms with Crippen LogP contribution in [0.4, 0.5) is 5.69 Å². The van der Waals surface area contributed by atoms with Crippen LogP contribution in [-0.4, -0.2) is 84.2 Å². The van der Waals surface area contributed by atoms with Gasteiger partial charge in [-0.3, -0.25) is 9.69 Å². The molecular weight excluding hydrogens is 384 g/mol. The van der Waals surface area contributed by atoms with Gasteiger partial charge in [-0.1, -0.05) is 0 Å². The Morgan fingerprint density at radius 1 is 1.17 bits per heavy atom. The number of nitrogens with one attached hydrogen (secondary N) is 2. The first-order valence-corrected chi connectivity index (χ1v) is 11.0. The number of rotatable bonds is 8. The molecule has 2 aliphatic heterocycles. The number of nitrogens with zero attached hydrogens (tertiary/aromatic N) is 4. The van der Waals surface area contributed by atoms with E-state index in [9.17, 15) is 4.79 Å². The van der Waals surface area contributed by atoms with Crippen molar-refractivity contribution in [2.24, 2.45) is 0 Å². The van der Waals surface area contributed by atoms with Crippen LogP contribution in [0.2, 0.25) is 0 Å². The number of anilines is 1. The Morgan fingerprint density at radius 3 is 2.70 bits per heavy atom. The van der Waals surface area contributed by atoms with Crippen molar-refractivity contribution in [3.05, 3.63) is 18.0 Å². The average molecular weight is 417 g/mol. The van der Waals surface area contributed by atoms with Crippen molar-refractivity contribution >= 4 is 22.6 Å². The lowest BCUT2D eigenvalue weighted by atomic mass is 10.1. The maximum Gasteiger partial charge on any atom is 0.254 e. The standard InChI is InChI=1S/C21H32N6O3/c1-2-27-20-17(15-24-27)19(25-16-4-10-29-11-5-16)18(14-23-20)21(28)22-6-3-7-26-8-12-30-13-9-26/h14-16H,2-13H2,1H3,(H,22,28)(H,23,25). The van der Waals surface area contributed by atoms with E-state index in [1.54, 1.807) is 6.20 Å². The van der Waals surface area contributed by atoms with Crippen molar-refractivity contribution in [3.8, 4) is 0 Å². The van der Waals surface area contributed by atoms with E-state index in [-0.39, 0.29) is 11.9 Å². The van der Waals surface area contributed by atoms with Crippen LogP contribution in [-0.2, 0) is 16.0 Å². The summed E-state index contributed by atoms with van der Waals surface area (Å²) in [6.07, 6.45) is 6.24. The molecule has 4 rings (SSSR count). The molecule has 2 N–H and O–H groups in total. The van der Waals surface area contributed by atoms with Gasteiger partial charge >= 0.3 is 0 Å². The molecule has 0 spiro atoms. The zero-order valence-electron chi connectivity index (χ0n) is 17.7. The number of carbonyl (C=O) groups is 1. The number of hydrogen-bond acceptors (Lipinski definition) is 7. The molecule has 2 saturated heterocycles. The lowest BCUT2D eigenvalue weighted by Gasteiger charge is -2.26. The zero-order valence-corrected chi connectivity index (χ0v) is 17.7. The van der Waals surface area contributed by atoms with Gasteiger partial charge in [0.1, 0.15) is 0 Å². The van der Waals surface area contributed by atoms with Gasteiger partial charge in [0.25, 0.3) is 5.91 Å². The van der Waals surface area contributed by atoms with Crippen LogP contribution in [0.1, 0.15) is 36.5 Å². The Labute approximate surface area is 177 Å². The van der Waals surface area contributed by atoms with Gasteiger partial charge < -0.3 is 20.1 Å². The first kappa shape index (κ1) is 21.0. The Bertz CT molecular complexity index is 843. The van der Waals surface area contributed by atoms with Crippen LogP contribution in [0.3, 0.4) is 0 Å². The van der Waals surface area contributed by atoms with Crippen LogP contribution in [0.5, 0.6) is 0 Å². The Kier molecular flexibility index (Phi) is 7.14. The van der Waals surface area contributed by atoms with E-state index in [1.807, 2.05) is 17.8 Å². The molecule has 0 radical (unpaired) electrons. The molecule has 0 atom stereocenters. The Hall–Kier alpha value is -2.23. The van der Waals surface area contributed by atoms with Crippen molar-refractivity contribution < 1.29 is 14.3 Å². The highest BCUT2D eigenvalue weighted by atomic mass is 16.5. The number of pyridine rings is 1. The molecule has 2 aliphatic rings. The number of carbonyl (C=O) groups excluding carboxylic acids is 1. The molecule has 9 heteroatoms. The van der Waals surface area contributed by atoms with Crippen LogP contribution in [0.15, 0.2) is 12.4 Å². The summed E-state index contributed by atoms with van der Waals surface area (Å²) in [5.74, 6) is -0.0924. The quantitative estimate of drug-likeness (QED) is 0.630. The van der Waals surface area contributed by atoms with Crippen molar-refractivity contribution in [2.75, 3.05) is 57.9 Å². The molecule has 2 fully saturated rings. The molecule has 1 amide bonds. The molecule has 0 aromatic carbocycles. The van der Waals surface area contributed by atoms with Crippen LogP contribution in [0, 0.1) is 0 Å². The van der Waals surface area contributed by atoms with Gasteiger partial charge in [-0.25, -0.2) is 9.67 Å². The predicted molar refractivity (Wildman–Crippen MR) is 115 cm³/mol. The van der Waals surface area contributed by atoms with Gasteiger partial charge in [0.15, 0.2) is 5.65 Å². The highest BCUT2D eigenvalue weighted by molar-refractivity contribution is 6.06. The fourth-order valence-corrected chi connectivity index (χ4v) is 4.06. The molecule has 0 saturated carbocycles. The lowest BCUT2D eigenvalue weighted by molar-refractivity contribution is 0.0374. The van der Waals surface area contributed by atoms with Crippen molar-refractivity contribution in [1.29, 1.82) is 0 Å². The fourth-order valence-electron chi connectivity index (χ4n) is 4.06. The minimum Gasteiger partial charge on any atom is -0.381 e. The summed E-state index contributed by atoms with van der Waals surface area (Å²) in [6, 6.07) is 0.280. The van der Waals surface area contributed by atoms with E-state index in [1.165, 1.54) is 0 Å². The maximum absolute atomic E-state index is 13.0. The molecule has 30 heavy (non-hydrogen) atoms. The second-order valence-electron chi connectivity index (χ2n) is 7.84. The SMILES string of the molecule is CCn1ncc2c(NC3CCOCC3)c(C(=O)NCCCN3CCOCC3)cnc21. The third-order valence-corrected chi connectivity index (χ3v) is 5.82. The molecule has 4 heterocycles.